The van der Waals surface area contributed by atoms with Crippen LogP contribution in [0.1, 0.15) is 12.0 Å². The van der Waals surface area contributed by atoms with Crippen LogP contribution in [-0.2, 0) is 10.0 Å². The van der Waals surface area contributed by atoms with E-state index in [0.717, 1.165) is 5.56 Å². The highest BCUT2D eigenvalue weighted by molar-refractivity contribution is 7.89. The van der Waals surface area contributed by atoms with Crippen LogP contribution in [0.25, 0.3) is 4.85 Å². The number of aryl methyl sites for hydroxylation is 1. The van der Waals surface area contributed by atoms with Crippen LogP contribution in [0.15, 0.2) is 29.2 Å². The SMILES string of the molecule is [C-]#[N+]CC(CC(F)(F)F)NS(=O)(=O)c1ccc(C)cc1. The number of hydrogen-bond donors (Lipinski definition) is 1. The molecule has 1 aromatic rings. The number of halogens is 3. The fraction of sp³-hybridized carbons (Fsp3) is 0.417. The first kappa shape index (κ1) is 16.5. The number of sulfonamides is 1. The molecule has 1 rings (SSSR count). The van der Waals surface area contributed by atoms with Gasteiger partial charge >= 0.3 is 6.18 Å². The summed E-state index contributed by atoms with van der Waals surface area (Å²) in [5, 5.41) is 0. The number of nitrogens with one attached hydrogen (secondary N) is 1. The molecule has 1 atom stereocenters. The average Bonchev–Trinajstić information content (AvgIpc) is 2.26. The Bertz CT molecular complexity index is 589. The van der Waals surface area contributed by atoms with Crippen LogP contribution in [0.4, 0.5) is 13.2 Å². The van der Waals surface area contributed by atoms with Gasteiger partial charge in [0.2, 0.25) is 16.6 Å². The molecule has 0 aliphatic heterocycles. The Morgan fingerprint density at radius 1 is 1.30 bits per heavy atom. The zero-order valence-corrected chi connectivity index (χ0v) is 11.4. The number of nitrogens with zero attached hydrogens (tertiary/aromatic N) is 1. The van der Waals surface area contributed by atoms with Crippen LogP contribution in [-0.4, -0.2) is 27.2 Å². The molecule has 0 saturated heterocycles. The topological polar surface area (TPSA) is 50.5 Å². The summed E-state index contributed by atoms with van der Waals surface area (Å²) in [5.41, 5.74) is 0.831. The lowest BCUT2D eigenvalue weighted by Crippen LogP contribution is -2.39. The molecule has 0 aromatic heterocycles. The Morgan fingerprint density at radius 3 is 2.30 bits per heavy atom. The van der Waals surface area contributed by atoms with Gasteiger partial charge in [-0.2, -0.15) is 13.2 Å². The first-order valence-corrected chi connectivity index (χ1v) is 7.11. The van der Waals surface area contributed by atoms with E-state index in [2.05, 4.69) is 4.85 Å². The molecule has 1 N–H and O–H groups in total. The maximum atomic E-state index is 12.3. The minimum absolute atomic E-state index is 0.125. The average molecular weight is 306 g/mol. The fourth-order valence-electron chi connectivity index (χ4n) is 1.54. The van der Waals surface area contributed by atoms with Gasteiger partial charge in [-0.3, -0.25) is 0 Å². The van der Waals surface area contributed by atoms with Gasteiger partial charge < -0.3 is 4.85 Å². The second kappa shape index (κ2) is 6.24. The second-order valence-electron chi connectivity index (χ2n) is 4.29. The smallest absolute Gasteiger partial charge is 0.315 e. The predicted octanol–water partition coefficient (Wildman–Crippen LogP) is 2.51. The molecule has 0 spiro atoms. The Labute approximate surface area is 115 Å². The molecule has 0 radical (unpaired) electrons. The van der Waals surface area contributed by atoms with Crippen LogP contribution in [0.3, 0.4) is 0 Å². The van der Waals surface area contributed by atoms with Gasteiger partial charge in [0, 0.05) is 0 Å². The quantitative estimate of drug-likeness (QED) is 0.850. The van der Waals surface area contributed by atoms with E-state index in [1.54, 1.807) is 19.1 Å². The Hall–Kier alpha value is -1.59. The predicted molar refractivity (Wildman–Crippen MR) is 67.4 cm³/mol. The van der Waals surface area contributed by atoms with Gasteiger partial charge in [0.1, 0.15) is 6.04 Å². The Kier molecular flexibility index (Phi) is 5.14. The van der Waals surface area contributed by atoms with Crippen LogP contribution < -0.4 is 4.72 Å². The molecule has 0 saturated carbocycles. The van der Waals surface area contributed by atoms with Crippen molar-refractivity contribution in [3.8, 4) is 0 Å². The van der Waals surface area contributed by atoms with Gasteiger partial charge in [0.05, 0.1) is 11.3 Å². The molecule has 4 nitrogen and oxygen atoms in total. The van der Waals surface area contributed by atoms with Crippen molar-refractivity contribution in [2.24, 2.45) is 0 Å². The van der Waals surface area contributed by atoms with Crippen LogP contribution in [0.5, 0.6) is 0 Å². The molecule has 20 heavy (non-hydrogen) atoms. The molecule has 1 aromatic carbocycles. The van der Waals surface area contributed by atoms with E-state index in [0.29, 0.717) is 0 Å². The highest BCUT2D eigenvalue weighted by Gasteiger charge is 2.35. The van der Waals surface area contributed by atoms with Crippen molar-refractivity contribution >= 4 is 10.0 Å². The summed E-state index contributed by atoms with van der Waals surface area (Å²) in [7, 11) is -4.06. The van der Waals surface area contributed by atoms with Gasteiger partial charge in [-0.05, 0) is 19.1 Å². The maximum absolute atomic E-state index is 12.3. The number of rotatable bonds is 5. The zero-order valence-electron chi connectivity index (χ0n) is 10.6. The van der Waals surface area contributed by atoms with Gasteiger partial charge in [0.25, 0.3) is 0 Å². The van der Waals surface area contributed by atoms with Crippen molar-refractivity contribution < 1.29 is 21.6 Å². The third-order valence-electron chi connectivity index (χ3n) is 2.44. The van der Waals surface area contributed by atoms with E-state index in [9.17, 15) is 21.6 Å². The maximum Gasteiger partial charge on any atom is 0.390 e. The standard InChI is InChI=1S/C12H13F3N2O2S/c1-9-3-5-11(6-4-9)20(18,19)17-10(8-16-2)7-12(13,14)15/h3-6,10,17H,7-8H2,1H3. The van der Waals surface area contributed by atoms with E-state index < -0.39 is 35.2 Å². The summed E-state index contributed by atoms with van der Waals surface area (Å²) in [4.78, 5) is 2.71. The van der Waals surface area contributed by atoms with E-state index in [-0.39, 0.29) is 4.90 Å². The zero-order chi connectivity index (χ0) is 15.4. The summed E-state index contributed by atoms with van der Waals surface area (Å²) in [6.07, 6.45) is -5.91. The summed E-state index contributed by atoms with van der Waals surface area (Å²) >= 11 is 0. The van der Waals surface area contributed by atoms with Gasteiger partial charge in [-0.1, -0.05) is 17.7 Å². The van der Waals surface area contributed by atoms with E-state index >= 15 is 0 Å². The largest absolute Gasteiger partial charge is 0.390 e. The minimum Gasteiger partial charge on any atom is -0.315 e. The summed E-state index contributed by atoms with van der Waals surface area (Å²) in [6.45, 7) is 7.80. The van der Waals surface area contributed by atoms with Gasteiger partial charge in [-0.25, -0.2) is 19.7 Å². The lowest BCUT2D eigenvalue weighted by Gasteiger charge is -2.16. The van der Waals surface area contributed by atoms with Crippen molar-refractivity contribution in [2.75, 3.05) is 6.54 Å². The van der Waals surface area contributed by atoms with Crippen molar-refractivity contribution in [1.29, 1.82) is 0 Å². The highest BCUT2D eigenvalue weighted by Crippen LogP contribution is 2.23. The molecule has 110 valence electrons. The highest BCUT2D eigenvalue weighted by atomic mass is 32.2. The summed E-state index contributed by atoms with van der Waals surface area (Å²) in [5.74, 6) is 0. The minimum atomic E-state index is -4.54. The van der Waals surface area contributed by atoms with Crippen LogP contribution in [0, 0.1) is 13.5 Å². The molecule has 0 amide bonds. The Morgan fingerprint density at radius 2 is 1.85 bits per heavy atom. The summed E-state index contributed by atoms with van der Waals surface area (Å²) in [6, 6.07) is 4.21. The van der Waals surface area contributed by atoms with Crippen molar-refractivity contribution in [1.82, 2.24) is 4.72 Å². The lowest BCUT2D eigenvalue weighted by molar-refractivity contribution is -0.138. The molecule has 1 unspecified atom stereocenters. The molecule has 0 fully saturated rings. The monoisotopic (exact) mass is 306 g/mol. The molecule has 0 heterocycles. The lowest BCUT2D eigenvalue weighted by atomic mass is 10.2. The third kappa shape index (κ3) is 5.19. The molecular weight excluding hydrogens is 293 g/mol. The van der Waals surface area contributed by atoms with Crippen molar-refractivity contribution in [2.45, 2.75) is 30.5 Å². The first-order valence-electron chi connectivity index (χ1n) is 5.63. The summed E-state index contributed by atoms with van der Waals surface area (Å²) < 4.78 is 62.8. The first-order chi connectivity index (χ1) is 9.14. The third-order valence-corrected chi connectivity index (χ3v) is 3.98. The Balaban J connectivity index is 2.92. The van der Waals surface area contributed by atoms with E-state index in [1.807, 2.05) is 4.72 Å². The normalized spacial score (nSPS) is 13.8. The van der Waals surface area contributed by atoms with Crippen molar-refractivity contribution in [3.63, 3.8) is 0 Å². The second-order valence-corrected chi connectivity index (χ2v) is 6.01. The van der Waals surface area contributed by atoms with Crippen LogP contribution in [0.2, 0.25) is 0 Å². The van der Waals surface area contributed by atoms with E-state index in [1.165, 1.54) is 12.1 Å². The molecule has 8 heteroatoms. The van der Waals surface area contributed by atoms with Gasteiger partial charge in [0.15, 0.2) is 0 Å². The number of benzene rings is 1. The molecular formula is C12H13F3N2O2S. The number of hydrogen-bond acceptors (Lipinski definition) is 2. The molecule has 0 bridgehead atoms. The molecule has 0 aliphatic carbocycles. The molecule has 0 aliphatic rings. The van der Waals surface area contributed by atoms with Crippen molar-refractivity contribution in [3.05, 3.63) is 41.2 Å². The number of alkyl halides is 3. The fourth-order valence-corrected chi connectivity index (χ4v) is 2.77. The van der Waals surface area contributed by atoms with Crippen LogP contribution >= 0.6 is 0 Å². The van der Waals surface area contributed by atoms with E-state index in [4.69, 9.17) is 6.57 Å². The van der Waals surface area contributed by atoms with Gasteiger partial charge in [-0.15, -0.1) is 0 Å².